The number of rotatable bonds is 8. The molecule has 1 heterocycles. The van der Waals surface area contributed by atoms with Gasteiger partial charge in [-0.05, 0) is 17.7 Å². The highest BCUT2D eigenvalue weighted by molar-refractivity contribution is 7.98. The molecule has 4 nitrogen and oxygen atoms in total. The standard InChI is InChI=1S/C15H20ClN3OS/c1-19-14(16)10-18-15(19)11-21-13-5-3-12(4-6-13)9-17-7-8-20-2/h3-6,10,17H,7-9,11H2,1-2H3. The molecular weight excluding hydrogens is 306 g/mol. The first-order valence-electron chi connectivity index (χ1n) is 6.78. The summed E-state index contributed by atoms with van der Waals surface area (Å²) in [5, 5.41) is 4.00. The number of nitrogens with zero attached hydrogens (tertiary/aromatic N) is 2. The van der Waals surface area contributed by atoms with Crippen LogP contribution in [0, 0.1) is 0 Å². The minimum absolute atomic E-state index is 0.670. The van der Waals surface area contributed by atoms with Crippen LogP contribution in [-0.4, -0.2) is 29.8 Å². The second-order valence-corrected chi connectivity index (χ2v) is 6.09. The Hall–Kier alpha value is -1.01. The fraction of sp³-hybridized carbons (Fsp3) is 0.400. The molecule has 0 saturated heterocycles. The van der Waals surface area contributed by atoms with E-state index in [1.165, 1.54) is 10.5 Å². The van der Waals surface area contributed by atoms with Gasteiger partial charge in [-0.25, -0.2) is 4.98 Å². The van der Waals surface area contributed by atoms with Crippen LogP contribution in [0.25, 0.3) is 0 Å². The molecule has 0 aliphatic heterocycles. The van der Waals surface area contributed by atoms with Gasteiger partial charge in [-0.2, -0.15) is 0 Å². The summed E-state index contributed by atoms with van der Waals surface area (Å²) in [6, 6.07) is 8.58. The zero-order chi connectivity index (χ0) is 15.1. The van der Waals surface area contributed by atoms with Crippen molar-refractivity contribution in [2.24, 2.45) is 7.05 Å². The summed E-state index contributed by atoms with van der Waals surface area (Å²) in [7, 11) is 3.64. The Balaban J connectivity index is 1.81. The number of imidazole rings is 1. The fourth-order valence-electron chi connectivity index (χ4n) is 1.82. The van der Waals surface area contributed by atoms with E-state index in [-0.39, 0.29) is 0 Å². The van der Waals surface area contributed by atoms with E-state index in [0.29, 0.717) is 5.15 Å². The Morgan fingerprint density at radius 2 is 2.10 bits per heavy atom. The van der Waals surface area contributed by atoms with Crippen LogP contribution in [0.5, 0.6) is 0 Å². The third-order valence-corrected chi connectivity index (χ3v) is 4.49. The van der Waals surface area contributed by atoms with Gasteiger partial charge in [0.2, 0.25) is 0 Å². The van der Waals surface area contributed by atoms with Crippen LogP contribution < -0.4 is 5.32 Å². The molecule has 0 fully saturated rings. The molecule has 0 saturated carbocycles. The zero-order valence-corrected chi connectivity index (χ0v) is 13.9. The molecule has 21 heavy (non-hydrogen) atoms. The molecule has 0 unspecified atom stereocenters. The van der Waals surface area contributed by atoms with Gasteiger partial charge in [0.1, 0.15) is 11.0 Å². The summed E-state index contributed by atoms with van der Waals surface area (Å²) in [6.07, 6.45) is 1.69. The number of ether oxygens (including phenoxy) is 1. The van der Waals surface area contributed by atoms with E-state index >= 15 is 0 Å². The number of aromatic nitrogens is 2. The Bertz CT molecular complexity index is 557. The lowest BCUT2D eigenvalue weighted by Gasteiger charge is -2.06. The number of hydrogen-bond acceptors (Lipinski definition) is 4. The number of thioether (sulfide) groups is 1. The average molecular weight is 326 g/mol. The van der Waals surface area contributed by atoms with E-state index in [0.717, 1.165) is 31.3 Å². The molecule has 6 heteroatoms. The number of hydrogen-bond donors (Lipinski definition) is 1. The summed E-state index contributed by atoms with van der Waals surface area (Å²) in [4.78, 5) is 5.53. The van der Waals surface area contributed by atoms with Gasteiger partial charge in [-0.15, -0.1) is 11.8 Å². The van der Waals surface area contributed by atoms with Crippen molar-refractivity contribution in [2.45, 2.75) is 17.2 Å². The first-order valence-corrected chi connectivity index (χ1v) is 8.14. The smallest absolute Gasteiger partial charge is 0.128 e. The van der Waals surface area contributed by atoms with Crippen molar-refractivity contribution < 1.29 is 4.74 Å². The highest BCUT2D eigenvalue weighted by Gasteiger charge is 2.05. The number of nitrogens with one attached hydrogen (secondary N) is 1. The van der Waals surface area contributed by atoms with Gasteiger partial charge in [-0.1, -0.05) is 23.7 Å². The summed E-state index contributed by atoms with van der Waals surface area (Å²) in [5.74, 6) is 1.80. The van der Waals surface area contributed by atoms with Gasteiger partial charge in [-0.3, -0.25) is 0 Å². The van der Waals surface area contributed by atoms with Crippen molar-refractivity contribution in [3.63, 3.8) is 0 Å². The van der Waals surface area contributed by atoms with Gasteiger partial charge in [0, 0.05) is 32.1 Å². The Morgan fingerprint density at radius 3 is 2.71 bits per heavy atom. The van der Waals surface area contributed by atoms with Crippen LogP contribution in [0.4, 0.5) is 0 Å². The molecule has 0 bridgehead atoms. The molecule has 1 aromatic carbocycles. The number of methoxy groups -OCH3 is 1. The molecular formula is C15H20ClN3OS. The number of benzene rings is 1. The minimum atomic E-state index is 0.670. The van der Waals surface area contributed by atoms with Crippen LogP contribution in [0.2, 0.25) is 5.15 Å². The Morgan fingerprint density at radius 1 is 1.33 bits per heavy atom. The van der Waals surface area contributed by atoms with Crippen LogP contribution >= 0.6 is 23.4 Å². The Labute approximate surface area is 134 Å². The molecule has 0 radical (unpaired) electrons. The van der Waals surface area contributed by atoms with E-state index in [1.807, 2.05) is 11.6 Å². The molecule has 0 spiro atoms. The number of halogens is 1. The summed E-state index contributed by atoms with van der Waals surface area (Å²) in [6.45, 7) is 2.47. The lowest BCUT2D eigenvalue weighted by molar-refractivity contribution is 0.199. The lowest BCUT2D eigenvalue weighted by Crippen LogP contribution is -2.18. The van der Waals surface area contributed by atoms with E-state index in [4.69, 9.17) is 16.3 Å². The average Bonchev–Trinajstić information content (AvgIpc) is 2.82. The van der Waals surface area contributed by atoms with Gasteiger partial charge in [0.25, 0.3) is 0 Å². The highest BCUT2D eigenvalue weighted by Crippen LogP contribution is 2.23. The predicted octanol–water partition coefficient (Wildman–Crippen LogP) is 3.10. The van der Waals surface area contributed by atoms with Gasteiger partial charge < -0.3 is 14.6 Å². The van der Waals surface area contributed by atoms with Crippen LogP contribution in [0.3, 0.4) is 0 Å². The molecule has 1 N–H and O–H groups in total. The van der Waals surface area contributed by atoms with Crippen molar-refractivity contribution in [1.82, 2.24) is 14.9 Å². The van der Waals surface area contributed by atoms with Crippen LogP contribution in [0.15, 0.2) is 35.4 Å². The first kappa shape index (κ1) is 16.4. The second kappa shape index (κ2) is 8.44. The third-order valence-electron chi connectivity index (χ3n) is 3.13. The predicted molar refractivity (Wildman–Crippen MR) is 87.8 cm³/mol. The van der Waals surface area contributed by atoms with Crippen molar-refractivity contribution in [2.75, 3.05) is 20.3 Å². The van der Waals surface area contributed by atoms with E-state index < -0.39 is 0 Å². The summed E-state index contributed by atoms with van der Waals surface area (Å²) in [5.41, 5.74) is 1.27. The van der Waals surface area contributed by atoms with Crippen molar-refractivity contribution in [3.05, 3.63) is 47.0 Å². The molecule has 0 aliphatic rings. The fourth-order valence-corrected chi connectivity index (χ4v) is 2.86. The van der Waals surface area contributed by atoms with E-state index in [2.05, 4.69) is 34.6 Å². The monoisotopic (exact) mass is 325 g/mol. The SMILES string of the molecule is COCCNCc1ccc(SCc2ncc(Cl)n2C)cc1. The molecule has 0 atom stereocenters. The third kappa shape index (κ3) is 5.04. The van der Waals surface area contributed by atoms with Crippen molar-refractivity contribution in [3.8, 4) is 0 Å². The second-order valence-electron chi connectivity index (χ2n) is 4.66. The largest absolute Gasteiger partial charge is 0.383 e. The summed E-state index contributed by atoms with van der Waals surface area (Å²) < 4.78 is 6.91. The topological polar surface area (TPSA) is 39.1 Å². The van der Waals surface area contributed by atoms with Crippen molar-refractivity contribution in [1.29, 1.82) is 0 Å². The highest BCUT2D eigenvalue weighted by atomic mass is 35.5. The van der Waals surface area contributed by atoms with Gasteiger partial charge >= 0.3 is 0 Å². The first-order chi connectivity index (χ1) is 10.2. The van der Waals surface area contributed by atoms with Gasteiger partial charge in [0.05, 0.1) is 18.6 Å². The van der Waals surface area contributed by atoms with Crippen LogP contribution in [-0.2, 0) is 24.1 Å². The zero-order valence-electron chi connectivity index (χ0n) is 12.3. The summed E-state index contributed by atoms with van der Waals surface area (Å²) >= 11 is 7.74. The minimum Gasteiger partial charge on any atom is -0.383 e. The molecule has 1 aromatic heterocycles. The molecule has 0 aliphatic carbocycles. The molecule has 2 aromatic rings. The lowest BCUT2D eigenvalue weighted by atomic mass is 10.2. The molecule has 114 valence electrons. The van der Waals surface area contributed by atoms with E-state index in [9.17, 15) is 0 Å². The maximum atomic E-state index is 5.98. The van der Waals surface area contributed by atoms with Crippen molar-refractivity contribution >= 4 is 23.4 Å². The van der Waals surface area contributed by atoms with Crippen LogP contribution in [0.1, 0.15) is 11.4 Å². The molecule has 2 rings (SSSR count). The molecule has 0 amide bonds. The van der Waals surface area contributed by atoms with Gasteiger partial charge in [0.15, 0.2) is 0 Å². The Kier molecular flexibility index (Phi) is 6.57. The maximum Gasteiger partial charge on any atom is 0.128 e. The van der Waals surface area contributed by atoms with E-state index in [1.54, 1.807) is 25.1 Å². The quantitative estimate of drug-likeness (QED) is 0.598. The maximum absolute atomic E-state index is 5.98. The normalized spacial score (nSPS) is 11.0.